The zero-order valence-corrected chi connectivity index (χ0v) is 11.3. The minimum atomic E-state index is -0.705. The van der Waals surface area contributed by atoms with Crippen molar-refractivity contribution in [2.24, 2.45) is 5.41 Å². The Kier molecular flexibility index (Phi) is 4.14. The fourth-order valence-electron chi connectivity index (χ4n) is 1.90. The van der Waals surface area contributed by atoms with E-state index < -0.39 is 5.97 Å². The molecule has 90 valence electrons. The van der Waals surface area contributed by atoms with E-state index in [1.165, 1.54) is 15.3 Å². The number of aliphatic carboxylic acids is 1. The second-order valence-corrected chi connectivity index (χ2v) is 6.63. The summed E-state index contributed by atoms with van der Waals surface area (Å²) < 4.78 is 0. The van der Waals surface area contributed by atoms with Gasteiger partial charge in [0.25, 0.3) is 0 Å². The summed E-state index contributed by atoms with van der Waals surface area (Å²) in [6.07, 6.45) is 2.15. The van der Waals surface area contributed by atoms with Crippen molar-refractivity contribution in [3.63, 3.8) is 0 Å². The Bertz CT molecular complexity index is 377. The number of hydrogen-bond donors (Lipinski definition) is 1. The zero-order valence-electron chi connectivity index (χ0n) is 10.5. The maximum atomic E-state index is 10.7. The van der Waals surface area contributed by atoms with Crippen molar-refractivity contribution < 1.29 is 9.90 Å². The van der Waals surface area contributed by atoms with Crippen LogP contribution < -0.4 is 0 Å². The Hall–Kier alpha value is -0.830. The molecule has 0 atom stereocenters. The predicted molar refractivity (Wildman–Crippen MR) is 68.1 cm³/mol. The van der Waals surface area contributed by atoms with Crippen molar-refractivity contribution in [3.05, 3.63) is 21.4 Å². The normalized spacial score (nSPS) is 11.8. The summed E-state index contributed by atoms with van der Waals surface area (Å²) in [5, 5.41) is 8.81. The Morgan fingerprint density at radius 1 is 1.44 bits per heavy atom. The van der Waals surface area contributed by atoms with E-state index in [1.807, 2.05) is 25.2 Å². The maximum Gasteiger partial charge on any atom is 0.303 e. The number of carboxylic acids is 1. The van der Waals surface area contributed by atoms with Gasteiger partial charge in [-0.1, -0.05) is 13.8 Å². The fourth-order valence-corrected chi connectivity index (χ4v) is 2.88. The van der Waals surface area contributed by atoms with Gasteiger partial charge < -0.3 is 5.11 Å². The van der Waals surface area contributed by atoms with Gasteiger partial charge in [0.15, 0.2) is 0 Å². The molecule has 1 aromatic heterocycles. The first-order valence-corrected chi connectivity index (χ1v) is 6.39. The molecule has 0 spiro atoms. The monoisotopic (exact) mass is 240 g/mol. The van der Waals surface area contributed by atoms with Crippen LogP contribution in [0.25, 0.3) is 0 Å². The van der Waals surface area contributed by atoms with E-state index in [2.05, 4.69) is 19.9 Å². The molecule has 16 heavy (non-hydrogen) atoms. The van der Waals surface area contributed by atoms with E-state index in [4.69, 9.17) is 5.11 Å². The van der Waals surface area contributed by atoms with Crippen molar-refractivity contribution in [3.8, 4) is 0 Å². The van der Waals surface area contributed by atoms with Gasteiger partial charge in [0.2, 0.25) is 0 Å². The topological polar surface area (TPSA) is 37.3 Å². The molecule has 0 fully saturated rings. The quantitative estimate of drug-likeness (QED) is 0.850. The number of aryl methyl sites for hydroxylation is 3. The molecule has 0 amide bonds. The van der Waals surface area contributed by atoms with Crippen LogP contribution in [0.5, 0.6) is 0 Å². The van der Waals surface area contributed by atoms with Gasteiger partial charge in [0, 0.05) is 9.75 Å². The highest BCUT2D eigenvalue weighted by Gasteiger charge is 2.21. The van der Waals surface area contributed by atoms with Gasteiger partial charge >= 0.3 is 5.97 Å². The number of carbonyl (C=O) groups is 1. The van der Waals surface area contributed by atoms with E-state index >= 15 is 0 Å². The lowest BCUT2D eigenvalue weighted by Gasteiger charge is -2.22. The van der Waals surface area contributed by atoms with Gasteiger partial charge in [-0.2, -0.15) is 0 Å². The molecule has 0 aliphatic carbocycles. The fraction of sp³-hybridized carbons (Fsp3) is 0.615. The maximum absolute atomic E-state index is 10.7. The largest absolute Gasteiger partial charge is 0.481 e. The molecule has 0 saturated carbocycles. The lowest BCUT2D eigenvalue weighted by molar-refractivity contribution is -0.139. The van der Waals surface area contributed by atoms with Crippen LogP contribution >= 0.6 is 11.3 Å². The van der Waals surface area contributed by atoms with Crippen LogP contribution in [0.2, 0.25) is 0 Å². The number of rotatable bonds is 5. The van der Waals surface area contributed by atoms with Gasteiger partial charge in [0.05, 0.1) is 6.42 Å². The average Bonchev–Trinajstić information content (AvgIpc) is 2.39. The van der Waals surface area contributed by atoms with Crippen LogP contribution in [0, 0.1) is 19.3 Å². The van der Waals surface area contributed by atoms with Crippen LogP contribution in [0.3, 0.4) is 0 Å². The van der Waals surface area contributed by atoms with Crippen LogP contribution in [0.4, 0.5) is 0 Å². The van der Waals surface area contributed by atoms with Crippen LogP contribution in [0.15, 0.2) is 6.07 Å². The molecular weight excluding hydrogens is 220 g/mol. The van der Waals surface area contributed by atoms with E-state index in [-0.39, 0.29) is 11.8 Å². The predicted octanol–water partition coefficient (Wildman–Crippen LogP) is 3.80. The molecule has 1 aromatic rings. The lowest BCUT2D eigenvalue weighted by Crippen LogP contribution is -2.17. The molecular formula is C13H20O2S. The van der Waals surface area contributed by atoms with Crippen molar-refractivity contribution in [1.82, 2.24) is 0 Å². The van der Waals surface area contributed by atoms with Crippen LogP contribution in [-0.4, -0.2) is 11.1 Å². The molecule has 0 radical (unpaired) electrons. The van der Waals surface area contributed by atoms with Crippen molar-refractivity contribution in [2.75, 3.05) is 0 Å². The van der Waals surface area contributed by atoms with Crippen molar-refractivity contribution in [1.29, 1.82) is 0 Å². The molecule has 0 aliphatic heterocycles. The summed E-state index contributed by atoms with van der Waals surface area (Å²) in [7, 11) is 0. The Balaban J connectivity index is 2.57. The second-order valence-electron chi connectivity index (χ2n) is 5.17. The molecule has 2 nitrogen and oxygen atoms in total. The molecule has 1 N–H and O–H groups in total. The van der Waals surface area contributed by atoms with Crippen LogP contribution in [0.1, 0.15) is 42.0 Å². The molecule has 0 aliphatic rings. The highest BCUT2D eigenvalue weighted by molar-refractivity contribution is 7.12. The number of carboxylic acid groups (broad SMARTS) is 1. The summed E-state index contributed by atoms with van der Waals surface area (Å²) in [6, 6.07) is 2.22. The first kappa shape index (κ1) is 13.2. The summed E-state index contributed by atoms with van der Waals surface area (Å²) in [5.41, 5.74) is 1.26. The smallest absolute Gasteiger partial charge is 0.303 e. The van der Waals surface area contributed by atoms with Gasteiger partial charge in [-0.25, -0.2) is 0 Å². The first-order valence-electron chi connectivity index (χ1n) is 5.58. The number of hydrogen-bond acceptors (Lipinski definition) is 2. The molecule has 1 rings (SSSR count). The molecule has 0 saturated heterocycles. The van der Waals surface area contributed by atoms with Gasteiger partial charge in [-0.05, 0) is 43.7 Å². The van der Waals surface area contributed by atoms with E-state index in [0.29, 0.717) is 0 Å². The third kappa shape index (κ3) is 3.97. The minimum absolute atomic E-state index is 0.117. The number of thiophene rings is 1. The van der Waals surface area contributed by atoms with E-state index in [1.54, 1.807) is 0 Å². The molecule has 1 heterocycles. The molecule has 0 bridgehead atoms. The zero-order chi connectivity index (χ0) is 12.3. The summed E-state index contributed by atoms with van der Waals surface area (Å²) in [4.78, 5) is 13.4. The highest BCUT2D eigenvalue weighted by atomic mass is 32.1. The third-order valence-corrected chi connectivity index (χ3v) is 3.85. The Morgan fingerprint density at radius 2 is 2.06 bits per heavy atom. The second kappa shape index (κ2) is 5.00. The standard InChI is InChI=1S/C13H20O2S/c1-9-7-11(10(2)16-9)5-6-13(3,4)8-12(14)15/h7H,5-6,8H2,1-4H3,(H,14,15). The summed E-state index contributed by atoms with van der Waals surface area (Å²) >= 11 is 1.82. The summed E-state index contributed by atoms with van der Waals surface area (Å²) in [6.45, 7) is 8.30. The van der Waals surface area contributed by atoms with E-state index in [0.717, 1.165) is 12.8 Å². The van der Waals surface area contributed by atoms with Crippen molar-refractivity contribution >= 4 is 17.3 Å². The molecule has 0 unspecified atom stereocenters. The minimum Gasteiger partial charge on any atom is -0.481 e. The van der Waals surface area contributed by atoms with Crippen molar-refractivity contribution in [2.45, 2.75) is 47.0 Å². The first-order chi connectivity index (χ1) is 7.30. The van der Waals surface area contributed by atoms with Gasteiger partial charge in [-0.15, -0.1) is 11.3 Å². The van der Waals surface area contributed by atoms with Crippen LogP contribution in [-0.2, 0) is 11.2 Å². The van der Waals surface area contributed by atoms with E-state index in [9.17, 15) is 4.79 Å². The summed E-state index contributed by atoms with van der Waals surface area (Å²) in [5.74, 6) is -0.705. The average molecular weight is 240 g/mol. The molecule has 0 aromatic carbocycles. The Labute approximate surface area is 101 Å². The molecule has 3 heteroatoms. The SMILES string of the molecule is Cc1cc(CCC(C)(C)CC(=O)O)c(C)s1. The lowest BCUT2D eigenvalue weighted by atomic mass is 9.83. The van der Waals surface area contributed by atoms with Gasteiger partial charge in [-0.3, -0.25) is 4.79 Å². The highest BCUT2D eigenvalue weighted by Crippen LogP contribution is 2.29. The van der Waals surface area contributed by atoms with Gasteiger partial charge in [0.1, 0.15) is 0 Å². The third-order valence-electron chi connectivity index (χ3n) is 2.84. The Morgan fingerprint density at radius 3 is 2.50 bits per heavy atom.